The Bertz CT molecular complexity index is 1220. The van der Waals surface area contributed by atoms with Crippen LogP contribution in [0.1, 0.15) is 58.8 Å². The molecule has 1 N–H and O–H groups in total. The highest BCUT2D eigenvalue weighted by molar-refractivity contribution is 9.10. The summed E-state index contributed by atoms with van der Waals surface area (Å²) in [7, 11) is 0. The number of aryl methyl sites for hydroxylation is 1. The van der Waals surface area contributed by atoms with Gasteiger partial charge in [0.25, 0.3) is 5.91 Å². The summed E-state index contributed by atoms with van der Waals surface area (Å²) in [6.07, 6.45) is 7.31. The quantitative estimate of drug-likeness (QED) is 0.214. The molecule has 0 saturated carbocycles. The van der Waals surface area contributed by atoms with Gasteiger partial charge in [0.1, 0.15) is 10.8 Å². The van der Waals surface area contributed by atoms with E-state index in [4.69, 9.17) is 18.9 Å². The van der Waals surface area contributed by atoms with E-state index in [1.54, 1.807) is 42.0 Å². The molecule has 0 atom stereocenters. The highest BCUT2D eigenvalue weighted by Crippen LogP contribution is 2.40. The first-order chi connectivity index (χ1) is 16.5. The molecular weight excluding hydrogens is 520 g/mol. The van der Waals surface area contributed by atoms with Crippen LogP contribution in [0.3, 0.4) is 0 Å². The van der Waals surface area contributed by atoms with Crippen LogP contribution in [0.4, 0.5) is 5.00 Å². The van der Waals surface area contributed by atoms with Crippen molar-refractivity contribution in [3.8, 4) is 11.5 Å². The second-order valence-corrected chi connectivity index (χ2v) is 9.71. The minimum Gasteiger partial charge on any atom is -0.490 e. The molecule has 2 heterocycles. The number of carbonyl (C=O) groups excluding carboxylic acids is 2. The molecule has 34 heavy (non-hydrogen) atoms. The minimum absolute atomic E-state index is 0.149. The van der Waals surface area contributed by atoms with Crippen molar-refractivity contribution in [1.82, 2.24) is 5.32 Å². The predicted molar refractivity (Wildman–Crippen MR) is 135 cm³/mol. The van der Waals surface area contributed by atoms with E-state index in [0.29, 0.717) is 45.4 Å². The molecule has 4 rings (SSSR count). The van der Waals surface area contributed by atoms with E-state index in [-0.39, 0.29) is 5.91 Å². The zero-order valence-corrected chi connectivity index (χ0v) is 21.4. The molecule has 0 bridgehead atoms. The number of amides is 1. The number of hydrogen-bond acceptors (Lipinski definition) is 7. The van der Waals surface area contributed by atoms with Crippen molar-refractivity contribution in [3.05, 3.63) is 62.3 Å². The number of aliphatic imine (C=N–C) groups is 1. The van der Waals surface area contributed by atoms with Crippen molar-refractivity contribution in [3.63, 3.8) is 0 Å². The SMILES string of the molecule is CCOc1cc(C=Nc2sc3c(c2C(=O)NCc2ccco2)CCCC3)cc(Br)c1OC(C)=O. The molecule has 1 aliphatic rings. The van der Waals surface area contributed by atoms with Gasteiger partial charge in [0.2, 0.25) is 0 Å². The number of halogens is 1. The summed E-state index contributed by atoms with van der Waals surface area (Å²) in [5, 5.41) is 3.64. The summed E-state index contributed by atoms with van der Waals surface area (Å²) in [6, 6.07) is 7.19. The van der Waals surface area contributed by atoms with Gasteiger partial charge in [-0.05, 0) is 83.9 Å². The third-order valence-corrected chi connectivity index (χ3v) is 7.08. The van der Waals surface area contributed by atoms with Crippen LogP contribution in [0, 0.1) is 0 Å². The van der Waals surface area contributed by atoms with E-state index in [0.717, 1.165) is 36.8 Å². The fraction of sp³-hybridized carbons (Fsp3) is 0.320. The van der Waals surface area contributed by atoms with E-state index in [9.17, 15) is 9.59 Å². The van der Waals surface area contributed by atoms with Gasteiger partial charge in [-0.1, -0.05) is 0 Å². The van der Waals surface area contributed by atoms with Crippen molar-refractivity contribution in [2.75, 3.05) is 6.61 Å². The Morgan fingerprint density at radius 2 is 2.12 bits per heavy atom. The van der Waals surface area contributed by atoms with Crippen LogP contribution in [-0.4, -0.2) is 24.7 Å². The third kappa shape index (κ3) is 5.59. The molecule has 1 aliphatic carbocycles. The van der Waals surface area contributed by atoms with Gasteiger partial charge >= 0.3 is 5.97 Å². The van der Waals surface area contributed by atoms with E-state index < -0.39 is 5.97 Å². The number of esters is 1. The number of fused-ring (bicyclic) bond motifs is 1. The van der Waals surface area contributed by atoms with Crippen LogP contribution >= 0.6 is 27.3 Å². The normalized spacial score (nSPS) is 13.0. The molecule has 0 saturated heterocycles. The average Bonchev–Trinajstić information content (AvgIpc) is 3.46. The van der Waals surface area contributed by atoms with Gasteiger partial charge in [-0.15, -0.1) is 11.3 Å². The Labute approximate surface area is 210 Å². The summed E-state index contributed by atoms with van der Waals surface area (Å²) >= 11 is 5.03. The largest absolute Gasteiger partial charge is 0.490 e. The Hall–Kier alpha value is -2.91. The first-order valence-electron chi connectivity index (χ1n) is 11.1. The van der Waals surface area contributed by atoms with Gasteiger partial charge in [0, 0.05) is 18.0 Å². The molecule has 0 fully saturated rings. The maximum atomic E-state index is 13.1. The van der Waals surface area contributed by atoms with Gasteiger partial charge in [-0.2, -0.15) is 0 Å². The molecule has 178 valence electrons. The lowest BCUT2D eigenvalue weighted by Gasteiger charge is -2.13. The van der Waals surface area contributed by atoms with Gasteiger partial charge in [0.05, 0.1) is 29.5 Å². The molecule has 1 aromatic carbocycles. The van der Waals surface area contributed by atoms with Crippen LogP contribution in [0.2, 0.25) is 0 Å². The number of thiophene rings is 1. The first kappa shape index (κ1) is 24.2. The van der Waals surface area contributed by atoms with Crippen LogP contribution < -0.4 is 14.8 Å². The van der Waals surface area contributed by atoms with Crippen molar-refractivity contribution in [2.45, 2.75) is 46.1 Å². The second-order valence-electron chi connectivity index (χ2n) is 7.77. The van der Waals surface area contributed by atoms with Crippen LogP contribution in [0.5, 0.6) is 11.5 Å². The average molecular weight is 545 g/mol. The number of hydrogen-bond donors (Lipinski definition) is 1. The fourth-order valence-electron chi connectivity index (χ4n) is 3.85. The van der Waals surface area contributed by atoms with Crippen molar-refractivity contribution < 1.29 is 23.5 Å². The fourth-order valence-corrected chi connectivity index (χ4v) is 5.62. The summed E-state index contributed by atoms with van der Waals surface area (Å²) in [5.74, 6) is 0.886. The van der Waals surface area contributed by atoms with E-state index in [1.165, 1.54) is 11.8 Å². The lowest BCUT2D eigenvalue weighted by molar-refractivity contribution is -0.132. The van der Waals surface area contributed by atoms with Gasteiger partial charge < -0.3 is 19.2 Å². The van der Waals surface area contributed by atoms with Gasteiger partial charge in [-0.3, -0.25) is 9.59 Å². The van der Waals surface area contributed by atoms with Crippen LogP contribution in [0.25, 0.3) is 0 Å². The molecule has 2 aromatic heterocycles. The zero-order chi connectivity index (χ0) is 24.1. The molecule has 7 nitrogen and oxygen atoms in total. The molecule has 0 radical (unpaired) electrons. The summed E-state index contributed by atoms with van der Waals surface area (Å²) in [4.78, 5) is 30.6. The highest BCUT2D eigenvalue weighted by atomic mass is 79.9. The number of rotatable bonds is 8. The number of nitrogens with one attached hydrogen (secondary N) is 1. The molecule has 3 aromatic rings. The smallest absolute Gasteiger partial charge is 0.308 e. The maximum Gasteiger partial charge on any atom is 0.308 e. The Morgan fingerprint density at radius 1 is 1.29 bits per heavy atom. The number of carbonyl (C=O) groups is 2. The van der Waals surface area contributed by atoms with Gasteiger partial charge in [-0.25, -0.2) is 4.99 Å². The molecule has 0 spiro atoms. The lowest BCUT2D eigenvalue weighted by Crippen LogP contribution is -2.23. The van der Waals surface area contributed by atoms with E-state index in [1.807, 2.05) is 13.0 Å². The van der Waals surface area contributed by atoms with E-state index in [2.05, 4.69) is 21.2 Å². The Kier molecular flexibility index (Phi) is 7.84. The van der Waals surface area contributed by atoms with Crippen LogP contribution in [-0.2, 0) is 24.2 Å². The second kappa shape index (κ2) is 11.0. The molecule has 1 amide bonds. The number of benzene rings is 1. The first-order valence-corrected chi connectivity index (χ1v) is 12.7. The number of ether oxygens (including phenoxy) is 2. The summed E-state index contributed by atoms with van der Waals surface area (Å²) < 4.78 is 16.9. The molecule has 0 aliphatic heterocycles. The standard InChI is InChI=1S/C25H25BrN2O5S/c1-3-31-20-12-16(11-19(26)23(20)33-15(2)29)13-28-25-22(18-8-4-5-9-21(18)34-25)24(30)27-14-17-7-6-10-32-17/h6-7,10-13H,3-5,8-9,14H2,1-2H3,(H,27,30). The van der Waals surface area contributed by atoms with Crippen molar-refractivity contribution >= 4 is 50.4 Å². The Morgan fingerprint density at radius 3 is 2.85 bits per heavy atom. The van der Waals surface area contributed by atoms with Gasteiger partial charge in [0.15, 0.2) is 11.5 Å². The number of nitrogens with zero attached hydrogens (tertiary/aromatic N) is 1. The third-order valence-electron chi connectivity index (χ3n) is 5.29. The zero-order valence-electron chi connectivity index (χ0n) is 19.0. The van der Waals surface area contributed by atoms with Crippen LogP contribution in [0.15, 0.2) is 44.4 Å². The molecule has 0 unspecified atom stereocenters. The van der Waals surface area contributed by atoms with Crippen molar-refractivity contribution in [2.24, 2.45) is 4.99 Å². The highest BCUT2D eigenvalue weighted by Gasteiger charge is 2.25. The Balaban J connectivity index is 1.64. The molecule has 9 heteroatoms. The maximum absolute atomic E-state index is 13.1. The summed E-state index contributed by atoms with van der Waals surface area (Å²) in [5.41, 5.74) is 2.49. The lowest BCUT2D eigenvalue weighted by atomic mass is 9.95. The molecular formula is C25H25BrN2O5S. The topological polar surface area (TPSA) is 90.1 Å². The monoisotopic (exact) mass is 544 g/mol. The summed E-state index contributed by atoms with van der Waals surface area (Å²) in [6.45, 7) is 3.94. The number of furan rings is 1. The van der Waals surface area contributed by atoms with E-state index >= 15 is 0 Å². The minimum atomic E-state index is -0.433. The van der Waals surface area contributed by atoms with Crippen molar-refractivity contribution in [1.29, 1.82) is 0 Å². The predicted octanol–water partition coefficient (Wildman–Crippen LogP) is 5.99.